The number of aromatic nitrogens is 2. The number of hydrogen-bond acceptors (Lipinski definition) is 5. The van der Waals surface area contributed by atoms with E-state index in [0.29, 0.717) is 46.8 Å². The van der Waals surface area contributed by atoms with E-state index in [1.54, 1.807) is 48.5 Å². The minimum absolute atomic E-state index is 0.116. The number of aliphatic carboxylic acids is 1. The second-order valence-corrected chi connectivity index (χ2v) is 8.77. The fourth-order valence-electron chi connectivity index (χ4n) is 4.28. The zero-order valence-electron chi connectivity index (χ0n) is 19.4. The number of fused-ring (bicyclic) bond motifs is 1. The zero-order valence-corrected chi connectivity index (χ0v) is 19.4. The normalized spacial score (nSPS) is 15.6. The highest BCUT2D eigenvalue weighted by atomic mass is 19.4. The van der Waals surface area contributed by atoms with Gasteiger partial charge < -0.3 is 15.3 Å². The molecule has 37 heavy (non-hydrogen) atoms. The molecule has 0 bridgehead atoms. The van der Waals surface area contributed by atoms with Crippen molar-refractivity contribution in [2.75, 3.05) is 18.4 Å². The van der Waals surface area contributed by atoms with Crippen molar-refractivity contribution in [2.45, 2.75) is 12.6 Å². The summed E-state index contributed by atoms with van der Waals surface area (Å²) in [6, 6.07) is 18.9. The summed E-state index contributed by atoms with van der Waals surface area (Å²) in [6.45, 7) is 0.566. The van der Waals surface area contributed by atoms with Gasteiger partial charge in [0.05, 0.1) is 22.5 Å². The number of alkyl halides is 3. The number of carboxylic acids is 1. The molecule has 1 atom stereocenters. The number of nitrogens with one attached hydrogen (secondary N) is 1. The Labute approximate surface area is 209 Å². The first kappa shape index (κ1) is 24.2. The van der Waals surface area contributed by atoms with Crippen LogP contribution in [0.25, 0.3) is 22.3 Å². The van der Waals surface area contributed by atoms with Crippen molar-refractivity contribution in [1.82, 2.24) is 14.9 Å². The number of halogens is 3. The quantitative estimate of drug-likeness (QED) is 0.366. The lowest BCUT2D eigenvalue weighted by atomic mass is 10.1. The van der Waals surface area contributed by atoms with Gasteiger partial charge in [-0.25, -0.2) is 9.97 Å². The van der Waals surface area contributed by atoms with Gasteiger partial charge in [-0.15, -0.1) is 0 Å². The Kier molecular flexibility index (Phi) is 6.24. The molecular formula is C27H21F3N4O3. The fraction of sp³-hybridized carbons (Fsp3) is 0.185. The number of amides is 1. The lowest BCUT2D eigenvalue weighted by Gasteiger charge is -2.16. The molecule has 10 heteroatoms. The molecule has 5 rings (SSSR count). The van der Waals surface area contributed by atoms with E-state index in [2.05, 4.69) is 15.3 Å². The molecule has 1 amide bonds. The standard InChI is InChI=1S/C27H21F3N4O3/c28-27(29,30)19-8-11-21-22(14-19)32-23(16-4-2-1-3-5-16)24(33-21)31-20-9-6-17(7-10-20)25(35)34-13-12-18(15-34)26(36)37/h1-11,14,18H,12-13,15H2,(H,31,33)(H,36,37). The van der Waals surface area contributed by atoms with Crippen molar-refractivity contribution in [2.24, 2.45) is 5.92 Å². The average molecular weight is 506 g/mol. The Morgan fingerprint density at radius 1 is 0.946 bits per heavy atom. The molecule has 0 saturated carbocycles. The molecular weight excluding hydrogens is 485 g/mol. The first-order valence-electron chi connectivity index (χ1n) is 11.5. The number of carbonyl (C=O) groups is 2. The number of nitrogens with zero attached hydrogens (tertiary/aromatic N) is 3. The first-order valence-corrected chi connectivity index (χ1v) is 11.5. The Hall–Kier alpha value is -4.47. The van der Waals surface area contributed by atoms with Crippen LogP contribution in [0.15, 0.2) is 72.8 Å². The highest BCUT2D eigenvalue weighted by Gasteiger charge is 2.32. The van der Waals surface area contributed by atoms with Crippen molar-refractivity contribution >= 4 is 34.4 Å². The molecule has 1 fully saturated rings. The van der Waals surface area contributed by atoms with Crippen LogP contribution in [0, 0.1) is 5.92 Å². The summed E-state index contributed by atoms with van der Waals surface area (Å²) in [5.41, 5.74) is 1.68. The molecule has 1 unspecified atom stereocenters. The maximum atomic E-state index is 13.2. The van der Waals surface area contributed by atoms with E-state index in [9.17, 15) is 27.9 Å². The second-order valence-electron chi connectivity index (χ2n) is 8.77. The van der Waals surface area contributed by atoms with Crippen LogP contribution in [-0.2, 0) is 11.0 Å². The highest BCUT2D eigenvalue weighted by Crippen LogP contribution is 2.34. The van der Waals surface area contributed by atoms with E-state index >= 15 is 0 Å². The Bertz CT molecular complexity index is 1470. The number of anilines is 2. The van der Waals surface area contributed by atoms with E-state index < -0.39 is 23.6 Å². The van der Waals surface area contributed by atoms with Crippen LogP contribution in [0.3, 0.4) is 0 Å². The molecule has 0 radical (unpaired) electrons. The predicted octanol–water partition coefficient (Wildman–Crippen LogP) is 5.61. The molecule has 188 valence electrons. The zero-order chi connectivity index (χ0) is 26.2. The minimum Gasteiger partial charge on any atom is -0.481 e. The topological polar surface area (TPSA) is 95.4 Å². The maximum absolute atomic E-state index is 13.2. The van der Waals surface area contributed by atoms with Gasteiger partial charge in [0.25, 0.3) is 5.91 Å². The van der Waals surface area contributed by atoms with Crippen molar-refractivity contribution in [3.8, 4) is 11.3 Å². The van der Waals surface area contributed by atoms with Crippen molar-refractivity contribution in [3.63, 3.8) is 0 Å². The van der Waals surface area contributed by atoms with E-state index in [1.165, 1.54) is 11.0 Å². The predicted molar refractivity (Wildman–Crippen MR) is 131 cm³/mol. The van der Waals surface area contributed by atoms with Crippen LogP contribution < -0.4 is 5.32 Å². The SMILES string of the molecule is O=C(O)C1CCN(C(=O)c2ccc(Nc3nc4ccc(C(F)(F)F)cc4nc3-c3ccccc3)cc2)C1. The number of rotatable bonds is 5. The molecule has 3 aromatic carbocycles. The van der Waals surface area contributed by atoms with Crippen molar-refractivity contribution < 1.29 is 27.9 Å². The molecule has 2 heterocycles. The summed E-state index contributed by atoms with van der Waals surface area (Å²) >= 11 is 0. The van der Waals surface area contributed by atoms with Crippen LogP contribution in [0.5, 0.6) is 0 Å². The van der Waals surface area contributed by atoms with Gasteiger partial charge in [0.15, 0.2) is 5.82 Å². The second kappa shape index (κ2) is 9.53. The van der Waals surface area contributed by atoms with Crippen LogP contribution >= 0.6 is 0 Å². The van der Waals surface area contributed by atoms with E-state index in [0.717, 1.165) is 12.1 Å². The summed E-state index contributed by atoms with van der Waals surface area (Å²) in [7, 11) is 0. The average Bonchev–Trinajstić information content (AvgIpc) is 3.39. The smallest absolute Gasteiger partial charge is 0.416 e. The third-order valence-corrected chi connectivity index (χ3v) is 6.26. The van der Waals surface area contributed by atoms with Gasteiger partial charge in [0, 0.05) is 29.9 Å². The van der Waals surface area contributed by atoms with Gasteiger partial charge in [0.1, 0.15) is 5.69 Å². The number of carboxylic acid groups (broad SMARTS) is 1. The third kappa shape index (κ3) is 5.09. The van der Waals surface area contributed by atoms with Gasteiger partial charge in [-0.2, -0.15) is 13.2 Å². The fourth-order valence-corrected chi connectivity index (χ4v) is 4.28. The highest BCUT2D eigenvalue weighted by molar-refractivity contribution is 5.95. The van der Waals surface area contributed by atoms with Crippen molar-refractivity contribution in [3.05, 3.63) is 83.9 Å². The summed E-state index contributed by atoms with van der Waals surface area (Å²) < 4.78 is 39.7. The summed E-state index contributed by atoms with van der Waals surface area (Å²) in [5, 5.41) is 12.3. The maximum Gasteiger partial charge on any atom is 0.416 e. The summed E-state index contributed by atoms with van der Waals surface area (Å²) in [4.78, 5) is 34.5. The Morgan fingerprint density at radius 3 is 2.32 bits per heavy atom. The molecule has 7 nitrogen and oxygen atoms in total. The van der Waals surface area contributed by atoms with Gasteiger partial charge in [-0.1, -0.05) is 30.3 Å². The van der Waals surface area contributed by atoms with Gasteiger partial charge >= 0.3 is 12.1 Å². The lowest BCUT2D eigenvalue weighted by Crippen LogP contribution is -2.29. The first-order chi connectivity index (χ1) is 17.7. The van der Waals surface area contributed by atoms with Gasteiger partial charge in [0.2, 0.25) is 0 Å². The van der Waals surface area contributed by atoms with E-state index in [1.807, 2.05) is 6.07 Å². The monoisotopic (exact) mass is 506 g/mol. The van der Waals surface area contributed by atoms with Crippen LogP contribution in [0.4, 0.5) is 24.7 Å². The van der Waals surface area contributed by atoms with Crippen molar-refractivity contribution in [1.29, 1.82) is 0 Å². The summed E-state index contributed by atoms with van der Waals surface area (Å²) in [6.07, 6.45) is -4.07. The number of hydrogen-bond donors (Lipinski definition) is 2. The number of benzene rings is 3. The third-order valence-electron chi connectivity index (χ3n) is 6.26. The molecule has 0 spiro atoms. The Morgan fingerprint density at radius 2 is 1.68 bits per heavy atom. The summed E-state index contributed by atoms with van der Waals surface area (Å²) in [5.74, 6) is -1.36. The minimum atomic E-state index is -4.50. The van der Waals surface area contributed by atoms with Crippen LogP contribution in [-0.4, -0.2) is 44.9 Å². The molecule has 1 aliphatic rings. The molecule has 1 aliphatic heterocycles. The molecule has 4 aromatic rings. The lowest BCUT2D eigenvalue weighted by molar-refractivity contribution is -0.141. The van der Waals surface area contributed by atoms with Crippen LogP contribution in [0.2, 0.25) is 0 Å². The largest absolute Gasteiger partial charge is 0.481 e. The Balaban J connectivity index is 1.44. The molecule has 1 saturated heterocycles. The number of likely N-dealkylation sites (tertiary alicyclic amines) is 1. The van der Waals surface area contributed by atoms with Crippen LogP contribution in [0.1, 0.15) is 22.3 Å². The van der Waals surface area contributed by atoms with Gasteiger partial charge in [-0.3, -0.25) is 9.59 Å². The van der Waals surface area contributed by atoms with Gasteiger partial charge in [-0.05, 0) is 48.9 Å². The van der Waals surface area contributed by atoms with E-state index in [4.69, 9.17) is 0 Å². The molecule has 1 aromatic heterocycles. The molecule has 2 N–H and O–H groups in total. The number of carbonyl (C=O) groups excluding carboxylic acids is 1. The van der Waals surface area contributed by atoms with E-state index in [-0.39, 0.29) is 18.0 Å². The molecule has 0 aliphatic carbocycles.